The lowest BCUT2D eigenvalue weighted by Crippen LogP contribution is -2.03. The van der Waals surface area contributed by atoms with Crippen LogP contribution in [0.2, 0.25) is 0 Å². The van der Waals surface area contributed by atoms with Crippen LogP contribution < -0.4 is 0 Å². The SMILES string of the molecule is CC#CC(CC)C(=O)S. The molecule has 0 aromatic carbocycles. The average molecular weight is 142 g/mol. The number of carbonyl (C=O) groups excluding carboxylic acids is 1. The molecule has 0 N–H and O–H groups in total. The van der Waals surface area contributed by atoms with E-state index >= 15 is 0 Å². The lowest BCUT2D eigenvalue weighted by molar-refractivity contribution is -0.112. The Kier molecular flexibility index (Phi) is 4.25. The van der Waals surface area contributed by atoms with Crippen molar-refractivity contribution in [1.29, 1.82) is 0 Å². The summed E-state index contributed by atoms with van der Waals surface area (Å²) in [6, 6.07) is 0. The summed E-state index contributed by atoms with van der Waals surface area (Å²) in [6.45, 7) is 3.64. The highest BCUT2D eigenvalue weighted by Crippen LogP contribution is 2.03. The van der Waals surface area contributed by atoms with Crippen LogP contribution in [0.4, 0.5) is 0 Å². The fourth-order valence-corrected chi connectivity index (χ4v) is 0.760. The molecule has 0 aliphatic carbocycles. The molecule has 0 saturated heterocycles. The number of rotatable bonds is 2. The van der Waals surface area contributed by atoms with Crippen molar-refractivity contribution in [3.05, 3.63) is 0 Å². The van der Waals surface area contributed by atoms with Crippen molar-refractivity contribution in [1.82, 2.24) is 0 Å². The van der Waals surface area contributed by atoms with Gasteiger partial charge in [0.05, 0.1) is 5.92 Å². The maximum absolute atomic E-state index is 10.5. The van der Waals surface area contributed by atoms with Crippen LogP contribution in [-0.2, 0) is 4.79 Å². The van der Waals surface area contributed by atoms with Gasteiger partial charge < -0.3 is 0 Å². The lowest BCUT2D eigenvalue weighted by atomic mass is 10.1. The molecular formula is C7H10OS. The molecule has 1 atom stereocenters. The molecule has 1 unspecified atom stereocenters. The molecule has 0 saturated carbocycles. The molecule has 0 aliphatic heterocycles. The molecule has 0 radical (unpaired) electrons. The van der Waals surface area contributed by atoms with Crippen molar-refractivity contribution < 1.29 is 4.79 Å². The van der Waals surface area contributed by atoms with E-state index in [1.54, 1.807) is 6.92 Å². The normalized spacial score (nSPS) is 11.4. The highest BCUT2D eigenvalue weighted by atomic mass is 32.1. The summed E-state index contributed by atoms with van der Waals surface area (Å²) < 4.78 is 0. The van der Waals surface area contributed by atoms with Crippen molar-refractivity contribution in [2.45, 2.75) is 20.3 Å². The van der Waals surface area contributed by atoms with Crippen LogP contribution in [0.5, 0.6) is 0 Å². The zero-order chi connectivity index (χ0) is 7.28. The number of hydrogen-bond acceptors (Lipinski definition) is 1. The number of thiol groups is 1. The van der Waals surface area contributed by atoms with E-state index in [1.165, 1.54) is 0 Å². The zero-order valence-corrected chi connectivity index (χ0v) is 6.53. The Balaban J connectivity index is 3.94. The number of hydrogen-bond donors (Lipinski definition) is 1. The molecule has 0 aromatic rings. The Labute approximate surface area is 61.2 Å². The second kappa shape index (κ2) is 4.46. The minimum absolute atomic E-state index is 0.133. The first-order valence-corrected chi connectivity index (χ1v) is 3.32. The standard InChI is InChI=1S/C7H10OS/c1-3-5-6(4-2)7(8)9/h6H,4H2,1-2H3,(H,8,9). The summed E-state index contributed by atoms with van der Waals surface area (Å²) in [5.41, 5.74) is 0. The van der Waals surface area contributed by atoms with Crippen molar-refractivity contribution in [3.8, 4) is 11.8 Å². The lowest BCUT2D eigenvalue weighted by Gasteiger charge is -1.97. The third-order valence-electron chi connectivity index (χ3n) is 1.02. The van der Waals surface area contributed by atoms with Gasteiger partial charge in [0.25, 0.3) is 0 Å². The highest BCUT2D eigenvalue weighted by molar-refractivity contribution is 7.96. The molecule has 9 heavy (non-hydrogen) atoms. The smallest absolute Gasteiger partial charge is 0.200 e. The van der Waals surface area contributed by atoms with E-state index in [0.717, 1.165) is 6.42 Å². The first-order valence-electron chi connectivity index (χ1n) is 2.87. The predicted octanol–water partition coefficient (Wildman–Crippen LogP) is 1.49. The highest BCUT2D eigenvalue weighted by Gasteiger charge is 2.06. The van der Waals surface area contributed by atoms with Crippen LogP contribution in [0, 0.1) is 17.8 Å². The van der Waals surface area contributed by atoms with Gasteiger partial charge in [-0.15, -0.1) is 18.5 Å². The second-order valence-electron chi connectivity index (χ2n) is 1.69. The topological polar surface area (TPSA) is 17.1 Å². The van der Waals surface area contributed by atoms with Crippen LogP contribution in [0.1, 0.15) is 20.3 Å². The van der Waals surface area contributed by atoms with Gasteiger partial charge in [-0.05, 0) is 13.3 Å². The monoisotopic (exact) mass is 142 g/mol. The van der Waals surface area contributed by atoms with Crippen LogP contribution in [0.25, 0.3) is 0 Å². The van der Waals surface area contributed by atoms with Gasteiger partial charge in [-0.2, -0.15) is 0 Å². The van der Waals surface area contributed by atoms with Gasteiger partial charge in [0.1, 0.15) is 0 Å². The minimum Gasteiger partial charge on any atom is -0.286 e. The molecule has 1 nitrogen and oxygen atoms in total. The molecule has 0 fully saturated rings. The molecule has 0 heterocycles. The van der Waals surface area contributed by atoms with Crippen molar-refractivity contribution in [2.24, 2.45) is 5.92 Å². The van der Waals surface area contributed by atoms with Crippen LogP contribution >= 0.6 is 12.6 Å². The van der Waals surface area contributed by atoms with E-state index in [1.807, 2.05) is 6.92 Å². The second-order valence-corrected chi connectivity index (χ2v) is 2.13. The van der Waals surface area contributed by atoms with Gasteiger partial charge >= 0.3 is 0 Å². The molecule has 0 amide bonds. The van der Waals surface area contributed by atoms with E-state index in [-0.39, 0.29) is 11.0 Å². The van der Waals surface area contributed by atoms with E-state index < -0.39 is 0 Å². The van der Waals surface area contributed by atoms with E-state index in [4.69, 9.17) is 0 Å². The van der Waals surface area contributed by atoms with Crippen LogP contribution in [-0.4, -0.2) is 5.12 Å². The molecule has 0 bridgehead atoms. The first kappa shape index (κ1) is 8.58. The summed E-state index contributed by atoms with van der Waals surface area (Å²) in [5.74, 6) is 5.27. The Bertz CT molecular complexity index is 152. The Hall–Kier alpha value is -0.420. The molecule has 0 rings (SSSR count). The van der Waals surface area contributed by atoms with Gasteiger partial charge in [-0.25, -0.2) is 0 Å². The van der Waals surface area contributed by atoms with Gasteiger partial charge in [0.15, 0.2) is 0 Å². The van der Waals surface area contributed by atoms with Crippen LogP contribution in [0.3, 0.4) is 0 Å². The summed E-state index contributed by atoms with van der Waals surface area (Å²) in [7, 11) is 0. The van der Waals surface area contributed by atoms with Crippen molar-refractivity contribution in [2.75, 3.05) is 0 Å². The third kappa shape index (κ3) is 3.21. The molecule has 50 valence electrons. The minimum atomic E-state index is -0.168. The maximum Gasteiger partial charge on any atom is 0.200 e. The summed E-state index contributed by atoms with van der Waals surface area (Å²) in [4.78, 5) is 10.5. The summed E-state index contributed by atoms with van der Waals surface area (Å²) >= 11 is 3.67. The first-order chi connectivity index (χ1) is 4.22. The van der Waals surface area contributed by atoms with E-state index in [9.17, 15) is 4.79 Å². The maximum atomic E-state index is 10.5. The zero-order valence-electron chi connectivity index (χ0n) is 5.64. The fraction of sp³-hybridized carbons (Fsp3) is 0.571. The molecule has 2 heteroatoms. The van der Waals surface area contributed by atoms with Gasteiger partial charge in [-0.1, -0.05) is 12.8 Å². The number of carbonyl (C=O) groups is 1. The summed E-state index contributed by atoms with van der Waals surface area (Å²) in [6.07, 6.45) is 0.753. The molecule has 0 aromatic heterocycles. The Morgan fingerprint density at radius 2 is 2.33 bits per heavy atom. The van der Waals surface area contributed by atoms with E-state index in [0.29, 0.717) is 0 Å². The van der Waals surface area contributed by atoms with Crippen LogP contribution in [0.15, 0.2) is 0 Å². The predicted molar refractivity (Wildman–Crippen MR) is 41.2 cm³/mol. The fourth-order valence-electron chi connectivity index (χ4n) is 0.513. The largest absolute Gasteiger partial charge is 0.286 e. The Morgan fingerprint density at radius 1 is 1.78 bits per heavy atom. The molecule has 0 spiro atoms. The molecule has 0 aliphatic rings. The quantitative estimate of drug-likeness (QED) is 0.456. The Morgan fingerprint density at radius 3 is 2.44 bits per heavy atom. The van der Waals surface area contributed by atoms with Crippen molar-refractivity contribution in [3.63, 3.8) is 0 Å². The van der Waals surface area contributed by atoms with Gasteiger partial charge in [-0.3, -0.25) is 4.79 Å². The third-order valence-corrected chi connectivity index (χ3v) is 1.34. The van der Waals surface area contributed by atoms with Gasteiger partial charge in [0.2, 0.25) is 5.12 Å². The average Bonchev–Trinajstić information content (AvgIpc) is 1.82. The van der Waals surface area contributed by atoms with Gasteiger partial charge in [0, 0.05) is 0 Å². The summed E-state index contributed by atoms with van der Waals surface area (Å²) in [5, 5.41) is -0.133. The van der Waals surface area contributed by atoms with Crippen molar-refractivity contribution >= 4 is 17.7 Å². The van der Waals surface area contributed by atoms with E-state index in [2.05, 4.69) is 24.5 Å². The molecular weight excluding hydrogens is 132 g/mol.